The van der Waals surface area contributed by atoms with Crippen LogP contribution in [-0.2, 0) is 19.1 Å². The molecular weight excluding hydrogens is 317 g/mol. The number of hydrogen-bond donors (Lipinski definition) is 2. The van der Waals surface area contributed by atoms with E-state index in [2.05, 4.69) is 10.6 Å². The van der Waals surface area contributed by atoms with Gasteiger partial charge < -0.3 is 15.4 Å². The summed E-state index contributed by atoms with van der Waals surface area (Å²) in [6.07, 6.45) is -3.45. The second kappa shape index (κ2) is 8.73. The van der Waals surface area contributed by atoms with E-state index in [9.17, 15) is 27.6 Å². The molecule has 0 saturated heterocycles. The van der Waals surface area contributed by atoms with Crippen molar-refractivity contribution in [1.82, 2.24) is 10.6 Å². The van der Waals surface area contributed by atoms with Crippen molar-refractivity contribution in [1.29, 1.82) is 0 Å². The summed E-state index contributed by atoms with van der Waals surface area (Å²) in [4.78, 5) is 33.9. The number of amides is 2. The molecule has 2 N–H and O–H groups in total. The lowest BCUT2D eigenvalue weighted by Crippen LogP contribution is -2.40. The van der Waals surface area contributed by atoms with E-state index in [-0.39, 0.29) is 31.8 Å². The molecule has 1 aliphatic rings. The van der Waals surface area contributed by atoms with Gasteiger partial charge in [-0.15, -0.1) is 0 Å². The highest BCUT2D eigenvalue weighted by molar-refractivity contribution is 5.81. The molecule has 2 atom stereocenters. The fraction of sp³-hybridized carbons (Fsp3) is 0.786. The fourth-order valence-electron chi connectivity index (χ4n) is 2.54. The molecule has 0 radical (unpaired) electrons. The maximum absolute atomic E-state index is 12.9. The Bertz CT molecular complexity index is 440. The van der Waals surface area contributed by atoms with Gasteiger partial charge in [0.1, 0.15) is 0 Å². The van der Waals surface area contributed by atoms with E-state index in [0.717, 1.165) is 0 Å². The molecule has 2 amide bonds. The number of alkyl halides is 3. The van der Waals surface area contributed by atoms with Crippen LogP contribution in [0.25, 0.3) is 0 Å². The zero-order valence-corrected chi connectivity index (χ0v) is 12.9. The molecule has 1 fully saturated rings. The Kier molecular flexibility index (Phi) is 7.31. The van der Waals surface area contributed by atoms with Crippen LogP contribution in [-0.4, -0.2) is 43.7 Å². The average Bonchev–Trinajstić information content (AvgIpc) is 2.48. The largest absolute Gasteiger partial charge is 0.455 e. The molecule has 0 heterocycles. The zero-order valence-electron chi connectivity index (χ0n) is 12.9. The molecule has 0 aromatic carbocycles. The third-order valence-electron chi connectivity index (χ3n) is 3.66. The molecule has 0 unspecified atom stereocenters. The summed E-state index contributed by atoms with van der Waals surface area (Å²) >= 11 is 0. The summed E-state index contributed by atoms with van der Waals surface area (Å²) in [5, 5.41) is 4.84. The predicted octanol–water partition coefficient (Wildman–Crippen LogP) is 1.15. The van der Waals surface area contributed by atoms with Crippen molar-refractivity contribution >= 4 is 17.8 Å². The number of carbonyl (C=O) groups is 3. The summed E-state index contributed by atoms with van der Waals surface area (Å²) in [6, 6.07) is 0. The number of carbonyl (C=O) groups excluding carboxylic acids is 3. The van der Waals surface area contributed by atoms with E-state index in [1.54, 1.807) is 0 Å². The summed E-state index contributed by atoms with van der Waals surface area (Å²) in [5.74, 6) is -4.80. The number of halogens is 3. The molecule has 1 rings (SSSR count). The monoisotopic (exact) mass is 338 g/mol. The molecule has 0 bridgehead atoms. The number of esters is 1. The van der Waals surface area contributed by atoms with Crippen LogP contribution in [0.5, 0.6) is 0 Å². The molecule has 6 nitrogen and oxygen atoms in total. The number of hydrogen-bond acceptors (Lipinski definition) is 4. The van der Waals surface area contributed by atoms with Crippen molar-refractivity contribution < 1.29 is 32.3 Å². The van der Waals surface area contributed by atoms with Crippen molar-refractivity contribution in [2.75, 3.05) is 19.7 Å². The maximum Gasteiger partial charge on any atom is 0.392 e. The SMILES string of the molecule is CC(=O)NCCNC(=O)COC(=O)[C@H]1CCCC[C@H]1C(F)(F)F. The second-order valence-corrected chi connectivity index (χ2v) is 5.48. The van der Waals surface area contributed by atoms with Gasteiger partial charge in [0.05, 0.1) is 11.8 Å². The van der Waals surface area contributed by atoms with E-state index < -0.39 is 36.5 Å². The first-order valence-electron chi connectivity index (χ1n) is 7.46. The standard InChI is InChI=1S/C14H21F3N2O4/c1-9(20)18-6-7-19-12(21)8-23-13(22)10-4-2-3-5-11(10)14(15,16)17/h10-11H,2-8H2,1H3,(H,18,20)(H,19,21)/t10-,11+/m0/s1. The highest BCUT2D eigenvalue weighted by Gasteiger charge is 2.48. The first kappa shape index (κ1) is 19.2. The number of nitrogens with one attached hydrogen (secondary N) is 2. The smallest absolute Gasteiger partial charge is 0.392 e. The Hall–Kier alpha value is -1.80. The highest BCUT2D eigenvalue weighted by atomic mass is 19.4. The van der Waals surface area contributed by atoms with Crippen LogP contribution >= 0.6 is 0 Å². The molecule has 0 aromatic rings. The van der Waals surface area contributed by atoms with Crippen LogP contribution in [0.2, 0.25) is 0 Å². The van der Waals surface area contributed by atoms with Gasteiger partial charge in [-0.1, -0.05) is 12.8 Å². The van der Waals surface area contributed by atoms with E-state index >= 15 is 0 Å². The predicted molar refractivity (Wildman–Crippen MR) is 74.2 cm³/mol. The maximum atomic E-state index is 12.9. The summed E-state index contributed by atoms with van der Waals surface area (Å²) < 4.78 is 43.4. The molecule has 0 aliphatic heterocycles. The first-order valence-corrected chi connectivity index (χ1v) is 7.46. The lowest BCUT2D eigenvalue weighted by Gasteiger charge is -2.31. The minimum absolute atomic E-state index is 0.0911. The lowest BCUT2D eigenvalue weighted by molar-refractivity contribution is -0.205. The summed E-state index contributed by atoms with van der Waals surface area (Å²) in [6.45, 7) is 1.06. The Morgan fingerprint density at radius 3 is 2.30 bits per heavy atom. The summed E-state index contributed by atoms with van der Waals surface area (Å²) in [5.41, 5.74) is 0. The average molecular weight is 338 g/mol. The molecule has 1 aliphatic carbocycles. The third kappa shape index (κ3) is 6.87. The third-order valence-corrected chi connectivity index (χ3v) is 3.66. The van der Waals surface area contributed by atoms with E-state index in [0.29, 0.717) is 12.8 Å². The van der Waals surface area contributed by atoms with Gasteiger partial charge in [-0.2, -0.15) is 13.2 Å². The fourth-order valence-corrected chi connectivity index (χ4v) is 2.54. The zero-order chi connectivity index (χ0) is 17.5. The lowest BCUT2D eigenvalue weighted by atomic mass is 9.79. The van der Waals surface area contributed by atoms with Crippen molar-refractivity contribution in [3.63, 3.8) is 0 Å². The van der Waals surface area contributed by atoms with E-state index in [1.165, 1.54) is 6.92 Å². The first-order chi connectivity index (χ1) is 10.7. The van der Waals surface area contributed by atoms with Crippen molar-refractivity contribution in [3.8, 4) is 0 Å². The highest BCUT2D eigenvalue weighted by Crippen LogP contribution is 2.41. The van der Waals surface area contributed by atoms with Crippen LogP contribution in [0.15, 0.2) is 0 Å². The van der Waals surface area contributed by atoms with E-state index in [4.69, 9.17) is 4.74 Å². The van der Waals surface area contributed by atoms with Crippen molar-refractivity contribution in [2.45, 2.75) is 38.8 Å². The Balaban J connectivity index is 2.36. The molecule has 23 heavy (non-hydrogen) atoms. The molecule has 0 aromatic heterocycles. The van der Waals surface area contributed by atoms with Gasteiger partial charge in [0, 0.05) is 20.0 Å². The Labute approximate surface area is 132 Å². The normalized spacial score (nSPS) is 21.4. The molecular formula is C14H21F3N2O4. The van der Waals surface area contributed by atoms with Crippen LogP contribution in [0, 0.1) is 11.8 Å². The minimum Gasteiger partial charge on any atom is -0.455 e. The van der Waals surface area contributed by atoms with Gasteiger partial charge in [0.25, 0.3) is 5.91 Å². The van der Waals surface area contributed by atoms with Crippen LogP contribution < -0.4 is 10.6 Å². The van der Waals surface area contributed by atoms with E-state index in [1.807, 2.05) is 0 Å². The van der Waals surface area contributed by atoms with Gasteiger partial charge >= 0.3 is 12.1 Å². The minimum atomic E-state index is -4.44. The van der Waals surface area contributed by atoms with Gasteiger partial charge in [-0.05, 0) is 12.8 Å². The van der Waals surface area contributed by atoms with Crippen LogP contribution in [0.4, 0.5) is 13.2 Å². The van der Waals surface area contributed by atoms with Crippen LogP contribution in [0.3, 0.4) is 0 Å². The van der Waals surface area contributed by atoms with Gasteiger partial charge in [-0.25, -0.2) is 0 Å². The van der Waals surface area contributed by atoms with Crippen LogP contribution in [0.1, 0.15) is 32.6 Å². The van der Waals surface area contributed by atoms with Gasteiger partial charge in [0.2, 0.25) is 5.91 Å². The number of rotatable bonds is 6. The molecule has 132 valence electrons. The summed E-state index contributed by atoms with van der Waals surface area (Å²) in [7, 11) is 0. The molecule has 1 saturated carbocycles. The molecule has 0 spiro atoms. The number of ether oxygens (including phenoxy) is 1. The Morgan fingerprint density at radius 1 is 1.09 bits per heavy atom. The Morgan fingerprint density at radius 2 is 1.70 bits per heavy atom. The molecule has 9 heteroatoms. The van der Waals surface area contributed by atoms with Crippen molar-refractivity contribution in [3.05, 3.63) is 0 Å². The van der Waals surface area contributed by atoms with Crippen molar-refractivity contribution in [2.24, 2.45) is 11.8 Å². The second-order valence-electron chi connectivity index (χ2n) is 5.48. The van der Waals surface area contributed by atoms with Gasteiger partial charge in [0.15, 0.2) is 6.61 Å². The van der Waals surface area contributed by atoms with Gasteiger partial charge in [-0.3, -0.25) is 14.4 Å². The topological polar surface area (TPSA) is 84.5 Å². The quantitative estimate of drug-likeness (QED) is 0.562.